The van der Waals surface area contributed by atoms with Gasteiger partial charge in [0.15, 0.2) is 0 Å². The van der Waals surface area contributed by atoms with Crippen LogP contribution in [-0.4, -0.2) is 6.54 Å². The van der Waals surface area contributed by atoms with Crippen LogP contribution in [0.2, 0.25) is 0 Å². The Morgan fingerprint density at radius 3 is 2.53 bits per heavy atom. The van der Waals surface area contributed by atoms with Crippen molar-refractivity contribution in [1.29, 1.82) is 0 Å². The molecule has 0 saturated carbocycles. The molecule has 2 aromatic carbocycles. The summed E-state index contributed by atoms with van der Waals surface area (Å²) in [6.07, 6.45) is 0. The van der Waals surface area contributed by atoms with E-state index in [-0.39, 0.29) is 5.25 Å². The molecule has 0 heterocycles. The summed E-state index contributed by atoms with van der Waals surface area (Å²) in [5.74, 6) is -1.14. The maximum absolute atomic E-state index is 13.7. The molecule has 0 radical (unpaired) electrons. The molecule has 5 heteroatoms. The van der Waals surface area contributed by atoms with E-state index in [0.29, 0.717) is 11.4 Å². The number of benzene rings is 2. The van der Waals surface area contributed by atoms with E-state index in [4.69, 9.17) is 5.73 Å². The summed E-state index contributed by atoms with van der Waals surface area (Å²) < 4.78 is 27.5. The number of hydrogen-bond donors (Lipinski definition) is 1. The fraction of sp³-hybridized carbons (Fsp3) is 0.143. The minimum Gasteiger partial charge on any atom is -0.329 e. The van der Waals surface area contributed by atoms with E-state index in [2.05, 4.69) is 15.9 Å². The van der Waals surface area contributed by atoms with Gasteiger partial charge in [0.25, 0.3) is 0 Å². The molecular weight excluding hydrogens is 332 g/mol. The second-order valence-corrected chi connectivity index (χ2v) is 6.04. The Kier molecular flexibility index (Phi) is 4.96. The number of hydrogen-bond acceptors (Lipinski definition) is 2. The van der Waals surface area contributed by atoms with Crippen molar-refractivity contribution in [2.75, 3.05) is 6.54 Å². The van der Waals surface area contributed by atoms with E-state index in [1.165, 1.54) is 23.9 Å². The lowest BCUT2D eigenvalue weighted by Crippen LogP contribution is -2.10. The molecule has 19 heavy (non-hydrogen) atoms. The van der Waals surface area contributed by atoms with Gasteiger partial charge in [0.2, 0.25) is 0 Å². The summed E-state index contributed by atoms with van der Waals surface area (Å²) in [5, 5.41) is -0.0875. The first-order valence-corrected chi connectivity index (χ1v) is 7.35. The molecule has 100 valence electrons. The largest absolute Gasteiger partial charge is 0.329 e. The van der Waals surface area contributed by atoms with Crippen molar-refractivity contribution in [2.24, 2.45) is 5.73 Å². The molecule has 0 bridgehead atoms. The minimum absolute atomic E-state index is 0.0875. The van der Waals surface area contributed by atoms with Gasteiger partial charge < -0.3 is 5.73 Å². The van der Waals surface area contributed by atoms with Crippen molar-refractivity contribution in [2.45, 2.75) is 10.1 Å². The van der Waals surface area contributed by atoms with E-state index < -0.39 is 11.6 Å². The number of halogens is 3. The Hall–Kier alpha value is -0.910. The van der Waals surface area contributed by atoms with Gasteiger partial charge in [-0.1, -0.05) is 34.1 Å². The molecule has 0 amide bonds. The maximum Gasteiger partial charge on any atom is 0.139 e. The van der Waals surface area contributed by atoms with Gasteiger partial charge in [-0.2, -0.15) is 0 Å². The molecule has 1 atom stereocenters. The first-order valence-electron chi connectivity index (χ1n) is 5.68. The van der Waals surface area contributed by atoms with Crippen LogP contribution in [0.4, 0.5) is 8.78 Å². The lowest BCUT2D eigenvalue weighted by atomic mass is 10.1. The van der Waals surface area contributed by atoms with Crippen molar-refractivity contribution in [1.82, 2.24) is 0 Å². The average molecular weight is 344 g/mol. The Balaban J connectivity index is 2.27. The summed E-state index contributed by atoms with van der Waals surface area (Å²) >= 11 is 4.75. The first-order chi connectivity index (χ1) is 9.11. The predicted octanol–water partition coefficient (Wildman–Crippen LogP) is 4.52. The van der Waals surface area contributed by atoms with Gasteiger partial charge in [-0.15, -0.1) is 11.8 Å². The van der Waals surface area contributed by atoms with Gasteiger partial charge in [-0.05, 0) is 23.8 Å². The van der Waals surface area contributed by atoms with Gasteiger partial charge in [0, 0.05) is 27.2 Å². The molecule has 2 rings (SSSR count). The highest BCUT2D eigenvalue weighted by molar-refractivity contribution is 9.10. The minimum atomic E-state index is -0.577. The van der Waals surface area contributed by atoms with Crippen LogP contribution in [0, 0.1) is 11.6 Å². The van der Waals surface area contributed by atoms with Gasteiger partial charge >= 0.3 is 0 Å². The molecule has 2 aromatic rings. The Bertz CT molecular complexity index is 577. The number of rotatable bonds is 4. The highest BCUT2D eigenvalue weighted by Gasteiger charge is 2.16. The molecular formula is C14H12BrF2NS. The predicted molar refractivity (Wildman–Crippen MR) is 78.2 cm³/mol. The van der Waals surface area contributed by atoms with Crippen molar-refractivity contribution < 1.29 is 8.78 Å². The van der Waals surface area contributed by atoms with Gasteiger partial charge in [0.05, 0.1) is 0 Å². The zero-order valence-corrected chi connectivity index (χ0v) is 12.3. The summed E-state index contributed by atoms with van der Waals surface area (Å²) in [6.45, 7) is 0.365. The summed E-state index contributed by atoms with van der Waals surface area (Å²) in [6, 6.07) is 11.2. The lowest BCUT2D eigenvalue weighted by Gasteiger charge is -2.16. The molecule has 0 fully saturated rings. The molecule has 0 spiro atoms. The topological polar surface area (TPSA) is 26.0 Å². The molecule has 0 aliphatic rings. The molecule has 2 N–H and O–H groups in total. The smallest absolute Gasteiger partial charge is 0.139 e. The van der Waals surface area contributed by atoms with Crippen LogP contribution in [0.1, 0.15) is 10.8 Å². The monoisotopic (exact) mass is 343 g/mol. The van der Waals surface area contributed by atoms with E-state index in [9.17, 15) is 8.78 Å². The molecule has 1 unspecified atom stereocenters. The molecule has 0 aliphatic heterocycles. The Morgan fingerprint density at radius 1 is 1.16 bits per heavy atom. The first kappa shape index (κ1) is 14.5. The average Bonchev–Trinajstić information content (AvgIpc) is 2.39. The summed E-state index contributed by atoms with van der Waals surface area (Å²) in [5.41, 5.74) is 6.76. The summed E-state index contributed by atoms with van der Waals surface area (Å²) in [7, 11) is 0. The van der Waals surface area contributed by atoms with Crippen LogP contribution in [0.25, 0.3) is 0 Å². The second-order valence-electron chi connectivity index (χ2n) is 3.94. The number of nitrogens with two attached hydrogens (primary N) is 1. The van der Waals surface area contributed by atoms with E-state index in [0.717, 1.165) is 16.1 Å². The van der Waals surface area contributed by atoms with E-state index in [1.54, 1.807) is 0 Å². The van der Waals surface area contributed by atoms with Gasteiger partial charge in [0.1, 0.15) is 11.6 Å². The van der Waals surface area contributed by atoms with E-state index in [1.807, 2.05) is 24.3 Å². The SMILES string of the molecule is NCC(Sc1ccc(F)cc1F)c1ccccc1Br. The van der Waals surface area contributed by atoms with Crippen molar-refractivity contribution in [3.8, 4) is 0 Å². The molecule has 0 aromatic heterocycles. The second kappa shape index (κ2) is 6.50. The summed E-state index contributed by atoms with van der Waals surface area (Å²) in [4.78, 5) is 0.396. The normalized spacial score (nSPS) is 12.4. The third-order valence-electron chi connectivity index (χ3n) is 2.63. The van der Waals surface area contributed by atoms with Crippen LogP contribution < -0.4 is 5.73 Å². The fourth-order valence-electron chi connectivity index (χ4n) is 1.70. The highest BCUT2D eigenvalue weighted by Crippen LogP contribution is 2.38. The van der Waals surface area contributed by atoms with Crippen molar-refractivity contribution in [3.05, 3.63) is 64.1 Å². The third kappa shape index (κ3) is 3.55. The van der Waals surface area contributed by atoms with E-state index >= 15 is 0 Å². The molecule has 0 saturated heterocycles. The molecule has 0 aliphatic carbocycles. The van der Waals surface area contributed by atoms with Crippen LogP contribution in [0.5, 0.6) is 0 Å². The van der Waals surface area contributed by atoms with Crippen LogP contribution in [0.3, 0.4) is 0 Å². The van der Waals surface area contributed by atoms with Gasteiger partial charge in [-0.3, -0.25) is 0 Å². The zero-order chi connectivity index (χ0) is 13.8. The van der Waals surface area contributed by atoms with Crippen LogP contribution >= 0.6 is 27.7 Å². The molecule has 1 nitrogen and oxygen atoms in total. The zero-order valence-electron chi connectivity index (χ0n) is 9.95. The fourth-order valence-corrected chi connectivity index (χ4v) is 3.46. The standard InChI is InChI=1S/C14H12BrF2NS/c15-11-4-2-1-3-10(11)14(8-18)19-13-6-5-9(16)7-12(13)17/h1-7,14H,8,18H2. The van der Waals surface area contributed by atoms with Crippen LogP contribution in [0.15, 0.2) is 51.8 Å². The van der Waals surface area contributed by atoms with Crippen molar-refractivity contribution in [3.63, 3.8) is 0 Å². The Morgan fingerprint density at radius 2 is 1.89 bits per heavy atom. The third-order valence-corrected chi connectivity index (χ3v) is 4.67. The van der Waals surface area contributed by atoms with Gasteiger partial charge in [-0.25, -0.2) is 8.78 Å². The number of thioether (sulfide) groups is 1. The lowest BCUT2D eigenvalue weighted by molar-refractivity contribution is 0.565. The Labute approximate surface area is 123 Å². The van der Waals surface area contributed by atoms with Crippen LogP contribution in [-0.2, 0) is 0 Å². The van der Waals surface area contributed by atoms with Crippen molar-refractivity contribution >= 4 is 27.7 Å². The quantitative estimate of drug-likeness (QED) is 0.826. The highest BCUT2D eigenvalue weighted by atomic mass is 79.9. The maximum atomic E-state index is 13.7.